The van der Waals surface area contributed by atoms with Crippen molar-refractivity contribution < 1.29 is 19.1 Å². The molecule has 1 aromatic carbocycles. The average Bonchev–Trinajstić information content (AvgIpc) is 2.79. The van der Waals surface area contributed by atoms with E-state index in [1.54, 1.807) is 13.2 Å². The van der Waals surface area contributed by atoms with E-state index in [0.29, 0.717) is 44.0 Å². The Hall–Kier alpha value is -3.00. The van der Waals surface area contributed by atoms with Gasteiger partial charge in [0.1, 0.15) is 17.2 Å². The number of methoxy groups -OCH3 is 1. The van der Waals surface area contributed by atoms with Crippen LogP contribution in [0.3, 0.4) is 0 Å². The SMILES string of the molecule is COc1cccc2c1NC(=O)CC2C(=O)N1CCC2(CC1)OCCc1cnc(C)nc12. The number of amides is 2. The second kappa shape index (κ2) is 7.60. The zero-order valence-electron chi connectivity index (χ0n) is 17.8. The predicted molar refractivity (Wildman–Crippen MR) is 113 cm³/mol. The van der Waals surface area contributed by atoms with E-state index in [-0.39, 0.29) is 18.2 Å². The Morgan fingerprint density at radius 3 is 2.90 bits per heavy atom. The number of aromatic nitrogens is 2. The van der Waals surface area contributed by atoms with Crippen molar-refractivity contribution in [1.82, 2.24) is 14.9 Å². The van der Waals surface area contributed by atoms with Gasteiger partial charge in [-0.2, -0.15) is 0 Å². The molecule has 8 nitrogen and oxygen atoms in total. The highest BCUT2D eigenvalue weighted by molar-refractivity contribution is 6.02. The number of likely N-dealkylation sites (tertiary alicyclic amines) is 1. The van der Waals surface area contributed by atoms with Crippen LogP contribution < -0.4 is 10.1 Å². The van der Waals surface area contributed by atoms with E-state index in [1.807, 2.05) is 30.2 Å². The molecule has 1 aromatic heterocycles. The number of aryl methyl sites for hydroxylation is 1. The zero-order chi connectivity index (χ0) is 21.6. The summed E-state index contributed by atoms with van der Waals surface area (Å²) in [6.45, 7) is 3.67. The Morgan fingerprint density at radius 2 is 2.13 bits per heavy atom. The van der Waals surface area contributed by atoms with Gasteiger partial charge in [0, 0.05) is 25.7 Å². The summed E-state index contributed by atoms with van der Waals surface area (Å²) in [7, 11) is 1.56. The lowest BCUT2D eigenvalue weighted by Gasteiger charge is -2.44. The fourth-order valence-corrected chi connectivity index (χ4v) is 5.04. The normalized spacial score (nSPS) is 21.8. The van der Waals surface area contributed by atoms with Gasteiger partial charge in [-0.3, -0.25) is 9.59 Å². The highest BCUT2D eigenvalue weighted by atomic mass is 16.5. The first-order valence-electron chi connectivity index (χ1n) is 10.7. The van der Waals surface area contributed by atoms with Crippen LogP contribution in [0, 0.1) is 6.92 Å². The zero-order valence-corrected chi connectivity index (χ0v) is 17.8. The summed E-state index contributed by atoms with van der Waals surface area (Å²) < 4.78 is 11.6. The van der Waals surface area contributed by atoms with Gasteiger partial charge >= 0.3 is 0 Å². The Morgan fingerprint density at radius 1 is 1.32 bits per heavy atom. The molecule has 162 valence electrons. The maximum atomic E-state index is 13.5. The molecule has 2 aromatic rings. The third kappa shape index (κ3) is 3.35. The number of para-hydroxylation sites is 1. The van der Waals surface area contributed by atoms with Gasteiger partial charge in [0.15, 0.2) is 0 Å². The first kappa shape index (κ1) is 19.9. The van der Waals surface area contributed by atoms with E-state index in [1.165, 1.54) is 0 Å². The number of nitrogens with one attached hydrogen (secondary N) is 1. The quantitative estimate of drug-likeness (QED) is 0.798. The molecule has 4 heterocycles. The van der Waals surface area contributed by atoms with Gasteiger partial charge in [-0.1, -0.05) is 12.1 Å². The number of nitrogens with zero attached hydrogens (tertiary/aromatic N) is 3. The van der Waals surface area contributed by atoms with E-state index in [0.717, 1.165) is 29.1 Å². The minimum atomic E-state index is -0.503. The van der Waals surface area contributed by atoms with Gasteiger partial charge in [0.25, 0.3) is 0 Å². The summed E-state index contributed by atoms with van der Waals surface area (Å²) in [4.78, 5) is 36.7. The molecule has 3 aliphatic rings. The Balaban J connectivity index is 1.38. The number of anilines is 1. The van der Waals surface area contributed by atoms with Crippen molar-refractivity contribution in [3.63, 3.8) is 0 Å². The molecule has 1 spiro atoms. The molecule has 1 saturated heterocycles. The molecule has 1 unspecified atom stereocenters. The van der Waals surface area contributed by atoms with Crippen LogP contribution in [0.2, 0.25) is 0 Å². The van der Waals surface area contributed by atoms with Crippen molar-refractivity contribution >= 4 is 17.5 Å². The molecule has 2 amide bonds. The van der Waals surface area contributed by atoms with Crippen LogP contribution in [-0.2, 0) is 26.3 Å². The maximum Gasteiger partial charge on any atom is 0.230 e. The van der Waals surface area contributed by atoms with Crippen LogP contribution >= 0.6 is 0 Å². The van der Waals surface area contributed by atoms with Crippen LogP contribution in [0.25, 0.3) is 0 Å². The van der Waals surface area contributed by atoms with Gasteiger partial charge in [0.2, 0.25) is 11.8 Å². The number of carbonyl (C=O) groups excluding carboxylic acids is 2. The summed E-state index contributed by atoms with van der Waals surface area (Å²) in [6.07, 6.45) is 4.24. The van der Waals surface area contributed by atoms with Gasteiger partial charge in [-0.15, -0.1) is 0 Å². The third-order valence-corrected chi connectivity index (χ3v) is 6.65. The van der Waals surface area contributed by atoms with Crippen LogP contribution in [-0.4, -0.2) is 53.5 Å². The number of fused-ring (bicyclic) bond motifs is 3. The molecule has 1 fully saturated rings. The number of ether oxygens (including phenoxy) is 2. The fourth-order valence-electron chi connectivity index (χ4n) is 5.04. The van der Waals surface area contributed by atoms with Crippen molar-refractivity contribution in [2.24, 2.45) is 0 Å². The number of carbonyl (C=O) groups is 2. The van der Waals surface area contributed by atoms with Crippen molar-refractivity contribution in [3.8, 4) is 5.75 Å². The number of hydrogen-bond acceptors (Lipinski definition) is 6. The van der Waals surface area contributed by atoms with Crippen LogP contribution in [0.1, 0.15) is 47.8 Å². The topological polar surface area (TPSA) is 93.7 Å². The largest absolute Gasteiger partial charge is 0.495 e. The number of benzene rings is 1. The van der Waals surface area contributed by atoms with E-state index in [9.17, 15) is 9.59 Å². The average molecular weight is 422 g/mol. The lowest BCUT2D eigenvalue weighted by atomic mass is 9.82. The van der Waals surface area contributed by atoms with Crippen molar-refractivity contribution in [1.29, 1.82) is 0 Å². The summed E-state index contributed by atoms with van der Waals surface area (Å²) >= 11 is 0. The molecule has 3 aliphatic heterocycles. The monoisotopic (exact) mass is 422 g/mol. The summed E-state index contributed by atoms with van der Waals surface area (Å²) in [6, 6.07) is 5.54. The molecular formula is C23H26N4O4. The van der Waals surface area contributed by atoms with E-state index in [4.69, 9.17) is 14.5 Å². The van der Waals surface area contributed by atoms with Crippen molar-refractivity contribution in [2.45, 2.75) is 44.1 Å². The first-order chi connectivity index (χ1) is 15.0. The molecule has 1 atom stereocenters. The van der Waals surface area contributed by atoms with Gasteiger partial charge in [-0.05, 0) is 43.4 Å². The molecule has 5 rings (SSSR count). The number of piperidine rings is 1. The van der Waals surface area contributed by atoms with Crippen molar-refractivity contribution in [2.75, 3.05) is 32.1 Å². The molecule has 0 saturated carbocycles. The lowest BCUT2D eigenvalue weighted by molar-refractivity contribution is -0.144. The third-order valence-electron chi connectivity index (χ3n) is 6.65. The molecule has 8 heteroatoms. The Bertz CT molecular complexity index is 1050. The van der Waals surface area contributed by atoms with E-state index < -0.39 is 11.5 Å². The summed E-state index contributed by atoms with van der Waals surface area (Å²) in [5.41, 5.74) is 3.08. The van der Waals surface area contributed by atoms with Gasteiger partial charge in [-0.25, -0.2) is 9.97 Å². The second-order valence-electron chi connectivity index (χ2n) is 8.44. The van der Waals surface area contributed by atoms with Crippen LogP contribution in [0.5, 0.6) is 5.75 Å². The molecule has 31 heavy (non-hydrogen) atoms. The molecular weight excluding hydrogens is 396 g/mol. The van der Waals surface area contributed by atoms with Crippen LogP contribution in [0.4, 0.5) is 5.69 Å². The fraction of sp³-hybridized carbons (Fsp3) is 0.478. The highest BCUT2D eigenvalue weighted by Gasteiger charge is 2.44. The number of rotatable bonds is 2. The smallest absolute Gasteiger partial charge is 0.230 e. The minimum Gasteiger partial charge on any atom is -0.495 e. The standard InChI is InChI=1S/C23H26N4O4/c1-14-24-13-15-6-11-31-23(21(15)25-14)7-9-27(10-8-23)22(29)17-12-19(28)26-20-16(17)4-3-5-18(20)30-2/h3-5,13,17H,6-12H2,1-2H3,(H,26,28). The van der Waals surface area contributed by atoms with Crippen molar-refractivity contribution in [3.05, 3.63) is 47.0 Å². The van der Waals surface area contributed by atoms with Gasteiger partial charge < -0.3 is 19.7 Å². The molecule has 0 radical (unpaired) electrons. The van der Waals surface area contributed by atoms with E-state index in [2.05, 4.69) is 10.3 Å². The predicted octanol–water partition coefficient (Wildman–Crippen LogP) is 2.31. The summed E-state index contributed by atoms with van der Waals surface area (Å²) in [5.74, 6) is 0.621. The maximum absolute atomic E-state index is 13.5. The first-order valence-corrected chi connectivity index (χ1v) is 10.7. The Labute approximate surface area is 181 Å². The molecule has 1 N–H and O–H groups in total. The molecule has 0 bridgehead atoms. The lowest BCUT2D eigenvalue weighted by Crippen LogP contribution is -2.50. The highest BCUT2D eigenvalue weighted by Crippen LogP contribution is 2.43. The second-order valence-corrected chi connectivity index (χ2v) is 8.44. The number of hydrogen-bond donors (Lipinski definition) is 1. The minimum absolute atomic E-state index is 0.0193. The van der Waals surface area contributed by atoms with E-state index >= 15 is 0 Å². The summed E-state index contributed by atoms with van der Waals surface area (Å²) in [5, 5.41) is 2.86. The Kier molecular flexibility index (Phi) is 4.89. The van der Waals surface area contributed by atoms with Gasteiger partial charge in [0.05, 0.1) is 31.0 Å². The van der Waals surface area contributed by atoms with Crippen LogP contribution in [0.15, 0.2) is 24.4 Å². The molecule has 0 aliphatic carbocycles.